The van der Waals surface area contributed by atoms with Gasteiger partial charge in [-0.15, -0.1) is 0 Å². The van der Waals surface area contributed by atoms with Crippen LogP contribution in [0.4, 0.5) is 5.69 Å². The Kier molecular flexibility index (Phi) is 5.07. The highest BCUT2D eigenvalue weighted by Gasteiger charge is 2.06. The molecule has 0 heterocycles. The summed E-state index contributed by atoms with van der Waals surface area (Å²) in [5, 5.41) is 12.3. The number of hydrogen-bond donors (Lipinski definition) is 1. The number of halogens is 1. The van der Waals surface area contributed by atoms with E-state index in [0.29, 0.717) is 12.1 Å². The summed E-state index contributed by atoms with van der Waals surface area (Å²) >= 11 is 3.42. The number of benzene rings is 2. The Bertz CT molecular complexity index is 680. The molecule has 0 amide bonds. The summed E-state index contributed by atoms with van der Waals surface area (Å²) in [6, 6.07) is 13.3. The van der Waals surface area contributed by atoms with E-state index in [-0.39, 0.29) is 0 Å². The van der Waals surface area contributed by atoms with Crippen LogP contribution in [0.25, 0.3) is 0 Å². The lowest BCUT2D eigenvalue weighted by atomic mass is 10.1. The highest BCUT2D eigenvalue weighted by molar-refractivity contribution is 9.10. The van der Waals surface area contributed by atoms with Crippen LogP contribution in [0.2, 0.25) is 0 Å². The van der Waals surface area contributed by atoms with E-state index in [4.69, 9.17) is 14.7 Å². The summed E-state index contributed by atoms with van der Waals surface area (Å²) < 4.78 is 11.5. The number of anilines is 1. The maximum Gasteiger partial charge on any atom is 0.135 e. The van der Waals surface area contributed by atoms with E-state index in [0.717, 1.165) is 27.2 Å². The summed E-state index contributed by atoms with van der Waals surface area (Å²) in [4.78, 5) is 0. The topological polar surface area (TPSA) is 54.3 Å². The van der Waals surface area contributed by atoms with Gasteiger partial charge in [0.25, 0.3) is 0 Å². The van der Waals surface area contributed by atoms with Gasteiger partial charge in [0, 0.05) is 23.9 Å². The van der Waals surface area contributed by atoms with Gasteiger partial charge in [0.2, 0.25) is 0 Å². The summed E-state index contributed by atoms with van der Waals surface area (Å²) in [7, 11) is 3.25. The third-order valence-corrected chi connectivity index (χ3v) is 3.70. The molecule has 0 saturated carbocycles. The van der Waals surface area contributed by atoms with Gasteiger partial charge < -0.3 is 14.8 Å². The quantitative estimate of drug-likeness (QED) is 0.890. The van der Waals surface area contributed by atoms with E-state index >= 15 is 0 Å². The molecule has 0 aromatic heterocycles. The van der Waals surface area contributed by atoms with Crippen molar-refractivity contribution >= 4 is 21.6 Å². The van der Waals surface area contributed by atoms with Crippen LogP contribution in [0.1, 0.15) is 11.1 Å². The normalized spacial score (nSPS) is 9.81. The van der Waals surface area contributed by atoms with Gasteiger partial charge >= 0.3 is 0 Å². The summed E-state index contributed by atoms with van der Waals surface area (Å²) in [6.07, 6.45) is 0. The molecule has 2 rings (SSSR count). The Morgan fingerprint density at radius 3 is 2.52 bits per heavy atom. The molecule has 0 aliphatic carbocycles. The molecule has 0 unspecified atom stereocenters. The van der Waals surface area contributed by atoms with Crippen LogP contribution in [0.5, 0.6) is 11.5 Å². The molecule has 4 nitrogen and oxygen atoms in total. The first-order valence-corrected chi connectivity index (χ1v) is 7.11. The van der Waals surface area contributed by atoms with Gasteiger partial charge in [-0.05, 0) is 46.3 Å². The second kappa shape index (κ2) is 7.00. The standard InChI is InChI=1S/C16H15BrN2O2/c1-20-15-6-3-11(9-18)7-12(15)10-19-13-4-5-14(17)16(8-13)21-2/h3-8,19H,10H2,1-2H3. The minimum atomic E-state index is 0.559. The molecule has 0 fully saturated rings. The van der Waals surface area contributed by atoms with E-state index in [9.17, 15) is 0 Å². The van der Waals surface area contributed by atoms with Crippen LogP contribution >= 0.6 is 15.9 Å². The lowest BCUT2D eigenvalue weighted by molar-refractivity contribution is 0.410. The van der Waals surface area contributed by atoms with E-state index in [1.54, 1.807) is 26.4 Å². The van der Waals surface area contributed by atoms with Crippen LogP contribution in [0.3, 0.4) is 0 Å². The fourth-order valence-electron chi connectivity index (χ4n) is 1.95. The van der Waals surface area contributed by atoms with Gasteiger partial charge in [-0.1, -0.05) is 0 Å². The molecule has 0 saturated heterocycles. The first kappa shape index (κ1) is 15.2. The van der Waals surface area contributed by atoms with Crippen molar-refractivity contribution in [1.82, 2.24) is 0 Å². The second-order valence-corrected chi connectivity index (χ2v) is 5.20. The minimum absolute atomic E-state index is 0.559. The van der Waals surface area contributed by atoms with Crippen molar-refractivity contribution in [1.29, 1.82) is 5.26 Å². The Morgan fingerprint density at radius 2 is 1.86 bits per heavy atom. The highest BCUT2D eigenvalue weighted by atomic mass is 79.9. The van der Waals surface area contributed by atoms with Gasteiger partial charge in [0.1, 0.15) is 11.5 Å². The maximum atomic E-state index is 8.98. The number of nitrogens with zero attached hydrogens (tertiary/aromatic N) is 1. The molecular weight excluding hydrogens is 332 g/mol. The average Bonchev–Trinajstić information content (AvgIpc) is 2.53. The van der Waals surface area contributed by atoms with Gasteiger partial charge in [0.15, 0.2) is 0 Å². The smallest absolute Gasteiger partial charge is 0.135 e. The molecule has 21 heavy (non-hydrogen) atoms. The van der Waals surface area contributed by atoms with Crippen LogP contribution in [-0.4, -0.2) is 14.2 Å². The maximum absolute atomic E-state index is 8.98. The molecule has 5 heteroatoms. The molecule has 0 spiro atoms. The van der Waals surface area contributed by atoms with E-state index < -0.39 is 0 Å². The third-order valence-electron chi connectivity index (χ3n) is 3.04. The van der Waals surface area contributed by atoms with Gasteiger partial charge in [-0.3, -0.25) is 0 Å². The molecular formula is C16H15BrN2O2. The molecule has 2 aromatic rings. The number of rotatable bonds is 5. The lowest BCUT2D eigenvalue weighted by Gasteiger charge is -2.12. The predicted molar refractivity (Wildman–Crippen MR) is 85.7 cm³/mol. The van der Waals surface area contributed by atoms with Crippen molar-refractivity contribution in [3.05, 3.63) is 52.0 Å². The zero-order valence-corrected chi connectivity index (χ0v) is 13.4. The van der Waals surface area contributed by atoms with Crippen LogP contribution < -0.4 is 14.8 Å². The first-order chi connectivity index (χ1) is 10.2. The van der Waals surface area contributed by atoms with Crippen molar-refractivity contribution in [2.45, 2.75) is 6.54 Å². The van der Waals surface area contributed by atoms with Crippen LogP contribution in [0.15, 0.2) is 40.9 Å². The van der Waals surface area contributed by atoms with E-state index in [1.807, 2.05) is 24.3 Å². The van der Waals surface area contributed by atoms with E-state index in [2.05, 4.69) is 27.3 Å². The number of methoxy groups -OCH3 is 2. The predicted octanol–water partition coefficient (Wildman–Crippen LogP) is 3.95. The van der Waals surface area contributed by atoms with Gasteiger partial charge in [0.05, 0.1) is 30.3 Å². The fourth-order valence-corrected chi connectivity index (χ4v) is 2.36. The largest absolute Gasteiger partial charge is 0.496 e. The third kappa shape index (κ3) is 3.67. The molecule has 0 atom stereocenters. The number of ether oxygens (including phenoxy) is 2. The SMILES string of the molecule is COc1cc(NCc2cc(C#N)ccc2OC)ccc1Br. The summed E-state index contributed by atoms with van der Waals surface area (Å²) in [5.74, 6) is 1.52. The van der Waals surface area contributed by atoms with Crippen molar-refractivity contribution in [2.24, 2.45) is 0 Å². The Morgan fingerprint density at radius 1 is 1.10 bits per heavy atom. The van der Waals surface area contributed by atoms with Crippen molar-refractivity contribution in [3.63, 3.8) is 0 Å². The lowest BCUT2D eigenvalue weighted by Crippen LogP contribution is -2.02. The molecule has 0 bridgehead atoms. The molecule has 0 aliphatic rings. The molecule has 2 aromatic carbocycles. The highest BCUT2D eigenvalue weighted by Crippen LogP contribution is 2.28. The molecule has 0 aliphatic heterocycles. The molecule has 108 valence electrons. The van der Waals surface area contributed by atoms with E-state index in [1.165, 1.54) is 0 Å². The fraction of sp³-hybridized carbons (Fsp3) is 0.188. The van der Waals surface area contributed by atoms with Crippen molar-refractivity contribution in [2.75, 3.05) is 19.5 Å². The van der Waals surface area contributed by atoms with Gasteiger partial charge in [-0.25, -0.2) is 0 Å². The van der Waals surface area contributed by atoms with Gasteiger partial charge in [-0.2, -0.15) is 5.26 Å². The monoisotopic (exact) mass is 346 g/mol. The van der Waals surface area contributed by atoms with Crippen molar-refractivity contribution < 1.29 is 9.47 Å². The van der Waals surface area contributed by atoms with Crippen LogP contribution in [-0.2, 0) is 6.54 Å². The zero-order chi connectivity index (χ0) is 15.2. The number of hydrogen-bond acceptors (Lipinski definition) is 4. The zero-order valence-electron chi connectivity index (χ0n) is 11.8. The summed E-state index contributed by atoms with van der Waals surface area (Å²) in [5.41, 5.74) is 2.47. The first-order valence-electron chi connectivity index (χ1n) is 6.32. The number of nitriles is 1. The minimum Gasteiger partial charge on any atom is -0.496 e. The Labute approximate surface area is 132 Å². The summed E-state index contributed by atoms with van der Waals surface area (Å²) in [6.45, 7) is 0.559. The Hall–Kier alpha value is -2.19. The van der Waals surface area contributed by atoms with Crippen LogP contribution in [0, 0.1) is 11.3 Å². The number of nitrogens with one attached hydrogen (secondary N) is 1. The Balaban J connectivity index is 2.18. The van der Waals surface area contributed by atoms with Crippen molar-refractivity contribution in [3.8, 4) is 17.6 Å². The second-order valence-electron chi connectivity index (χ2n) is 4.34. The molecule has 1 N–H and O–H groups in total. The average molecular weight is 347 g/mol. The molecule has 0 radical (unpaired) electrons.